The molecule has 0 unspecified atom stereocenters. The Morgan fingerprint density at radius 2 is 0.833 bits per heavy atom. The number of carbonyl (C=O) groups excluding carboxylic acids is 6. The van der Waals surface area contributed by atoms with Crippen LogP contribution >= 0.6 is 0 Å². The summed E-state index contributed by atoms with van der Waals surface area (Å²) < 4.78 is 13.8. The molecule has 90 heavy (non-hydrogen) atoms. The van der Waals surface area contributed by atoms with Crippen molar-refractivity contribution in [1.82, 2.24) is 30.9 Å². The Morgan fingerprint density at radius 1 is 0.500 bits per heavy atom. The molecular formula is C69H79N9O12. The SMILES string of the molecule is COC(=O)NC1=NCc2cc(CC(=O)C[C@@H](c3ccc(C)cc3)C(C)(C)O)ncc21.COC(=O)NC1=NCc2cc(CC(=O)C[C@@H](c3ccc(C)cc3)C3(O)CCC3)ncc21.COC(=O)NC1=NCc2cc(CC(=O)C[C@@H](c3ccccc3)C(C)(C)O)ncc21. The Labute approximate surface area is 524 Å². The summed E-state index contributed by atoms with van der Waals surface area (Å²) in [5, 5.41) is 39.9. The van der Waals surface area contributed by atoms with E-state index >= 15 is 0 Å². The molecule has 1 saturated carbocycles. The molecule has 0 saturated heterocycles. The Hall–Kier alpha value is -9.18. The zero-order valence-corrected chi connectivity index (χ0v) is 52.4. The molecule has 3 aromatic heterocycles. The minimum atomic E-state index is -1.03. The molecule has 0 radical (unpaired) electrons. The van der Waals surface area contributed by atoms with Gasteiger partial charge in [-0.2, -0.15) is 0 Å². The molecule has 6 heterocycles. The number of amidine groups is 3. The quantitative estimate of drug-likeness (QED) is 0.0437. The molecule has 3 atom stereocenters. The minimum absolute atomic E-state index is 0.000234. The summed E-state index contributed by atoms with van der Waals surface area (Å²) in [6, 6.07) is 31.1. The first-order valence-electron chi connectivity index (χ1n) is 29.9. The van der Waals surface area contributed by atoms with Crippen molar-refractivity contribution in [2.24, 2.45) is 15.0 Å². The van der Waals surface area contributed by atoms with Crippen LogP contribution in [0.4, 0.5) is 14.4 Å². The van der Waals surface area contributed by atoms with Crippen LogP contribution in [0.3, 0.4) is 0 Å². The number of nitrogens with zero attached hydrogens (tertiary/aromatic N) is 6. The summed E-state index contributed by atoms with van der Waals surface area (Å²) in [5.41, 5.74) is 9.17. The Morgan fingerprint density at radius 3 is 1.16 bits per heavy atom. The number of methoxy groups -OCH3 is 3. The van der Waals surface area contributed by atoms with Crippen LogP contribution in [-0.4, -0.2) is 122 Å². The van der Waals surface area contributed by atoms with Gasteiger partial charge in [0.15, 0.2) is 0 Å². The van der Waals surface area contributed by atoms with Crippen molar-refractivity contribution < 1.29 is 58.3 Å². The number of ketones is 3. The smallest absolute Gasteiger partial charge is 0.412 e. The van der Waals surface area contributed by atoms with Crippen LogP contribution in [-0.2, 0) is 67.5 Å². The maximum Gasteiger partial charge on any atom is 0.412 e. The molecule has 3 aromatic carbocycles. The predicted molar refractivity (Wildman–Crippen MR) is 338 cm³/mol. The number of rotatable bonds is 18. The van der Waals surface area contributed by atoms with Gasteiger partial charge in [-0.25, -0.2) is 14.4 Å². The Bertz CT molecular complexity index is 3700. The number of benzene rings is 3. The van der Waals surface area contributed by atoms with Crippen molar-refractivity contribution in [2.45, 2.75) is 154 Å². The Kier molecular flexibility index (Phi) is 21.8. The van der Waals surface area contributed by atoms with Crippen molar-refractivity contribution in [1.29, 1.82) is 0 Å². The number of nitrogens with one attached hydrogen (secondary N) is 3. The number of alkyl carbamates (subject to hydrolysis) is 3. The molecule has 21 heteroatoms. The highest BCUT2D eigenvalue weighted by molar-refractivity contribution is 6.10. The van der Waals surface area contributed by atoms with Crippen molar-refractivity contribution in [3.05, 3.63) is 194 Å². The fourth-order valence-electron chi connectivity index (χ4n) is 11.3. The van der Waals surface area contributed by atoms with Crippen molar-refractivity contribution in [3.8, 4) is 0 Å². The van der Waals surface area contributed by atoms with Crippen LogP contribution in [0.15, 0.2) is 131 Å². The van der Waals surface area contributed by atoms with Gasteiger partial charge in [0, 0.05) is 109 Å². The van der Waals surface area contributed by atoms with Gasteiger partial charge in [-0.15, -0.1) is 0 Å². The maximum absolute atomic E-state index is 12.9. The third-order valence-electron chi connectivity index (χ3n) is 16.5. The molecule has 4 aliphatic rings. The fourth-order valence-corrected chi connectivity index (χ4v) is 11.3. The monoisotopic (exact) mass is 1230 g/mol. The van der Waals surface area contributed by atoms with E-state index < -0.39 is 35.1 Å². The van der Waals surface area contributed by atoms with Gasteiger partial charge in [-0.05, 0) is 112 Å². The highest BCUT2D eigenvalue weighted by Gasteiger charge is 2.44. The lowest BCUT2D eigenvalue weighted by Crippen LogP contribution is -2.44. The zero-order valence-electron chi connectivity index (χ0n) is 52.4. The summed E-state index contributed by atoms with van der Waals surface area (Å²) in [6.45, 7) is 12.2. The van der Waals surface area contributed by atoms with Crippen molar-refractivity contribution >= 4 is 53.1 Å². The number of aliphatic imine (C=N–C) groups is 3. The van der Waals surface area contributed by atoms with Gasteiger partial charge >= 0.3 is 18.3 Å². The average molecular weight is 1230 g/mol. The summed E-state index contributed by atoms with van der Waals surface area (Å²) in [6.07, 6.45) is 6.82. The molecule has 1 aliphatic carbocycles. The normalized spacial score (nSPS) is 15.1. The van der Waals surface area contributed by atoms with Gasteiger partial charge in [0.05, 0.1) is 57.8 Å². The molecule has 21 nitrogen and oxygen atoms in total. The van der Waals surface area contributed by atoms with E-state index in [9.17, 15) is 44.1 Å². The summed E-state index contributed by atoms with van der Waals surface area (Å²) in [5.74, 6) is 0.505. The number of aryl methyl sites for hydroxylation is 2. The van der Waals surface area contributed by atoms with Crippen LogP contribution in [0.1, 0.15) is 162 Å². The van der Waals surface area contributed by atoms with Gasteiger partial charge in [-0.1, -0.05) is 90.0 Å². The third-order valence-corrected chi connectivity index (χ3v) is 16.5. The van der Waals surface area contributed by atoms with Gasteiger partial charge in [0.25, 0.3) is 0 Å². The van der Waals surface area contributed by atoms with Crippen LogP contribution in [0, 0.1) is 13.8 Å². The molecule has 10 rings (SSSR count). The van der Waals surface area contributed by atoms with Crippen LogP contribution in [0.2, 0.25) is 0 Å². The first-order valence-corrected chi connectivity index (χ1v) is 29.9. The van der Waals surface area contributed by atoms with Crippen LogP contribution in [0.5, 0.6) is 0 Å². The van der Waals surface area contributed by atoms with Crippen molar-refractivity contribution in [2.75, 3.05) is 21.3 Å². The lowest BCUT2D eigenvalue weighted by molar-refractivity contribution is -0.123. The standard InChI is InChI=1S/C24H27N3O4.C23H27N3O4.C22H25N3O4/c1-15-4-6-16(7-5-15)21(24(30)8-3-9-24)12-19(28)11-18-10-17-13-26-22(20(17)14-25-18)27-23(29)31-2;1-14-5-7-15(8-6-14)20(23(2,3)29)11-18(27)10-17-9-16-12-25-21(19(16)13-24-17)26-22(28)30-4;1-22(2,28)19(14-7-5-4-6-8-14)11-17(26)10-16-9-15-12-24-20(18(15)13-23-16)25-21(27)29-3/h4-7,10,14,21,30H,3,8-9,11-13H2,1-2H3,(H,26,27,29);5-9,13,20,29H,10-12H2,1-4H3,(H,25,26,28);4-9,13,19,28H,10-12H2,1-3H3,(H,24,25,27)/t21-;20-;19-/m000/s1. The second-order valence-electron chi connectivity index (χ2n) is 24.3. The van der Waals surface area contributed by atoms with Crippen LogP contribution < -0.4 is 16.0 Å². The average Bonchev–Trinajstić information content (AvgIpc) is 2.52. The zero-order chi connectivity index (χ0) is 64.9. The van der Waals surface area contributed by atoms with E-state index in [1.54, 1.807) is 46.3 Å². The molecule has 1 fully saturated rings. The molecule has 6 N–H and O–H groups in total. The first-order chi connectivity index (χ1) is 42.8. The molecular weight excluding hydrogens is 1150 g/mol. The molecule has 6 aromatic rings. The highest BCUT2D eigenvalue weighted by Crippen LogP contribution is 2.46. The number of Topliss-reactive ketones (excluding diaryl/α,β-unsaturated/α-hetero) is 3. The summed E-state index contributed by atoms with van der Waals surface area (Å²) in [7, 11) is 3.87. The van der Waals surface area contributed by atoms with Gasteiger partial charge < -0.3 is 29.5 Å². The number of aromatic nitrogens is 3. The largest absolute Gasteiger partial charge is 0.453 e. The van der Waals surface area contributed by atoms with E-state index in [2.05, 4.69) is 60.1 Å². The van der Waals surface area contributed by atoms with Gasteiger partial charge in [0.2, 0.25) is 0 Å². The van der Waals surface area contributed by atoms with Crippen molar-refractivity contribution in [3.63, 3.8) is 0 Å². The van der Waals surface area contributed by atoms with E-state index in [0.29, 0.717) is 54.2 Å². The summed E-state index contributed by atoms with van der Waals surface area (Å²) in [4.78, 5) is 98.7. The second kappa shape index (κ2) is 29.4. The third kappa shape index (κ3) is 17.6. The first kappa shape index (κ1) is 66.8. The lowest BCUT2D eigenvalue weighted by Gasteiger charge is -2.43. The molecule has 472 valence electrons. The van der Waals surface area contributed by atoms with Gasteiger partial charge in [0.1, 0.15) is 34.9 Å². The van der Waals surface area contributed by atoms with E-state index in [4.69, 9.17) is 0 Å². The van der Waals surface area contributed by atoms with Crippen LogP contribution in [0.25, 0.3) is 0 Å². The van der Waals surface area contributed by atoms with E-state index in [0.717, 1.165) is 80.5 Å². The fraction of sp³-hybridized carbons (Fsp3) is 0.391. The topological polar surface area (TPSA) is 303 Å². The molecule has 0 spiro atoms. The number of hydrogen-bond donors (Lipinski definition) is 6. The number of amides is 3. The second-order valence-corrected chi connectivity index (χ2v) is 24.3. The Balaban J connectivity index is 0.000000174. The molecule has 3 amide bonds. The number of carbonyl (C=O) groups is 6. The summed E-state index contributed by atoms with van der Waals surface area (Å²) >= 11 is 0. The number of pyridine rings is 3. The molecule has 0 bridgehead atoms. The van der Waals surface area contributed by atoms with E-state index in [1.807, 2.05) is 111 Å². The van der Waals surface area contributed by atoms with E-state index in [1.165, 1.54) is 21.3 Å². The number of aliphatic hydroxyl groups is 3. The number of fused-ring (bicyclic) bond motifs is 3. The maximum atomic E-state index is 12.9. The number of ether oxygens (including phenoxy) is 3. The van der Waals surface area contributed by atoms with E-state index in [-0.39, 0.29) is 73.6 Å². The van der Waals surface area contributed by atoms with Gasteiger partial charge in [-0.3, -0.25) is 60.3 Å². The highest BCUT2D eigenvalue weighted by atomic mass is 16.5. The molecule has 3 aliphatic heterocycles. The lowest BCUT2D eigenvalue weighted by atomic mass is 9.67. The number of hydrogen-bond acceptors (Lipinski definition) is 18. The predicted octanol–water partition coefficient (Wildman–Crippen LogP) is 9.02. The minimum Gasteiger partial charge on any atom is -0.453 e.